The quantitative estimate of drug-likeness (QED) is 0.686. The fourth-order valence-electron chi connectivity index (χ4n) is 1.72. The Labute approximate surface area is 98.2 Å². The van der Waals surface area contributed by atoms with Gasteiger partial charge in [0, 0.05) is 32.2 Å². The lowest BCUT2D eigenvalue weighted by atomic mass is 10.0. The van der Waals surface area contributed by atoms with E-state index >= 15 is 0 Å². The topological polar surface area (TPSA) is 34.1 Å². The van der Waals surface area contributed by atoms with Crippen molar-refractivity contribution in [2.24, 2.45) is 0 Å². The van der Waals surface area contributed by atoms with Crippen molar-refractivity contribution < 1.29 is 4.74 Å². The van der Waals surface area contributed by atoms with Crippen molar-refractivity contribution in [2.75, 3.05) is 20.3 Å². The van der Waals surface area contributed by atoms with Crippen LogP contribution in [0.5, 0.6) is 0 Å². The Kier molecular flexibility index (Phi) is 6.77. The maximum Gasteiger partial charge on any atom is 0.0462 e. The minimum absolute atomic E-state index is 0.406. The molecule has 3 heteroatoms. The summed E-state index contributed by atoms with van der Waals surface area (Å²) in [6.45, 7) is 4.06. The maximum absolute atomic E-state index is 5.09. The van der Waals surface area contributed by atoms with Crippen LogP contribution in [0, 0.1) is 0 Å². The van der Waals surface area contributed by atoms with Gasteiger partial charge in [-0.05, 0) is 37.4 Å². The predicted octanol–water partition coefficient (Wildman–Crippen LogP) is 2.55. The normalized spacial score (nSPS) is 12.6. The van der Waals surface area contributed by atoms with Gasteiger partial charge in [0.15, 0.2) is 0 Å². The van der Waals surface area contributed by atoms with Gasteiger partial charge in [0.05, 0.1) is 0 Å². The van der Waals surface area contributed by atoms with Crippen LogP contribution < -0.4 is 5.32 Å². The van der Waals surface area contributed by atoms with E-state index in [9.17, 15) is 0 Å². The van der Waals surface area contributed by atoms with Crippen LogP contribution in [-0.2, 0) is 4.74 Å². The summed E-state index contributed by atoms with van der Waals surface area (Å²) < 4.78 is 5.09. The fourth-order valence-corrected chi connectivity index (χ4v) is 1.72. The molecular formula is C13H22N2O. The smallest absolute Gasteiger partial charge is 0.0462 e. The van der Waals surface area contributed by atoms with Gasteiger partial charge >= 0.3 is 0 Å². The van der Waals surface area contributed by atoms with E-state index in [4.69, 9.17) is 4.74 Å². The number of nitrogens with one attached hydrogen (secondary N) is 1. The van der Waals surface area contributed by atoms with Crippen molar-refractivity contribution in [3.05, 3.63) is 30.1 Å². The van der Waals surface area contributed by atoms with Gasteiger partial charge in [0.2, 0.25) is 0 Å². The molecule has 0 saturated heterocycles. The van der Waals surface area contributed by atoms with Crippen LogP contribution >= 0.6 is 0 Å². The van der Waals surface area contributed by atoms with Gasteiger partial charge in [0.25, 0.3) is 0 Å². The van der Waals surface area contributed by atoms with Crippen molar-refractivity contribution in [3.8, 4) is 0 Å². The fraction of sp³-hybridized carbons (Fsp3) is 0.615. The van der Waals surface area contributed by atoms with Gasteiger partial charge in [-0.25, -0.2) is 0 Å². The van der Waals surface area contributed by atoms with Crippen LogP contribution in [0.4, 0.5) is 0 Å². The molecule has 0 aliphatic heterocycles. The Hall–Kier alpha value is -0.930. The van der Waals surface area contributed by atoms with E-state index in [1.165, 1.54) is 5.56 Å². The van der Waals surface area contributed by atoms with Crippen molar-refractivity contribution in [1.82, 2.24) is 10.3 Å². The summed E-state index contributed by atoms with van der Waals surface area (Å²) in [5.74, 6) is 0. The lowest BCUT2D eigenvalue weighted by molar-refractivity contribution is 0.188. The summed E-state index contributed by atoms with van der Waals surface area (Å²) in [7, 11) is 1.75. The van der Waals surface area contributed by atoms with E-state index in [0.29, 0.717) is 6.04 Å². The molecule has 1 aromatic rings. The first-order chi connectivity index (χ1) is 7.88. The van der Waals surface area contributed by atoms with Crippen molar-refractivity contribution in [2.45, 2.75) is 32.2 Å². The number of hydrogen-bond acceptors (Lipinski definition) is 3. The van der Waals surface area contributed by atoms with E-state index in [1.807, 2.05) is 18.5 Å². The monoisotopic (exact) mass is 222 g/mol. The third-order valence-electron chi connectivity index (χ3n) is 2.57. The van der Waals surface area contributed by atoms with E-state index < -0.39 is 0 Å². The molecule has 0 aromatic carbocycles. The summed E-state index contributed by atoms with van der Waals surface area (Å²) in [5.41, 5.74) is 1.27. The number of nitrogens with zero attached hydrogens (tertiary/aromatic N) is 1. The molecule has 3 nitrogen and oxygen atoms in total. The maximum atomic E-state index is 5.09. The molecule has 1 heterocycles. The molecule has 0 amide bonds. The van der Waals surface area contributed by atoms with E-state index in [-0.39, 0.29) is 0 Å². The molecule has 1 unspecified atom stereocenters. The second-order valence-electron chi connectivity index (χ2n) is 3.93. The zero-order valence-electron chi connectivity index (χ0n) is 10.3. The summed E-state index contributed by atoms with van der Waals surface area (Å²) in [6.07, 6.45) is 7.09. The Morgan fingerprint density at radius 2 is 2.38 bits per heavy atom. The zero-order valence-corrected chi connectivity index (χ0v) is 10.3. The molecule has 1 aromatic heterocycles. The molecule has 1 rings (SSSR count). The van der Waals surface area contributed by atoms with Gasteiger partial charge in [-0.1, -0.05) is 13.0 Å². The second kappa shape index (κ2) is 8.25. The van der Waals surface area contributed by atoms with E-state index in [0.717, 1.165) is 32.4 Å². The Bertz CT molecular complexity index is 264. The number of hydrogen-bond donors (Lipinski definition) is 1. The van der Waals surface area contributed by atoms with Gasteiger partial charge in [-0.3, -0.25) is 4.98 Å². The second-order valence-corrected chi connectivity index (χ2v) is 3.93. The average molecular weight is 222 g/mol. The Morgan fingerprint density at radius 1 is 1.50 bits per heavy atom. The van der Waals surface area contributed by atoms with Crippen LogP contribution in [0.25, 0.3) is 0 Å². The standard InChI is InChI=1S/C13H22N2O/c1-3-8-15-13(7-5-10-16-2)12-6-4-9-14-11-12/h4,6,9,11,13,15H,3,5,7-8,10H2,1-2H3. The summed E-state index contributed by atoms with van der Waals surface area (Å²) in [4.78, 5) is 4.17. The van der Waals surface area contributed by atoms with E-state index in [1.54, 1.807) is 7.11 Å². The third kappa shape index (κ3) is 4.73. The molecule has 1 N–H and O–H groups in total. The van der Waals surface area contributed by atoms with Gasteiger partial charge in [0.1, 0.15) is 0 Å². The van der Waals surface area contributed by atoms with Gasteiger partial charge < -0.3 is 10.1 Å². The van der Waals surface area contributed by atoms with Crippen molar-refractivity contribution >= 4 is 0 Å². The highest BCUT2D eigenvalue weighted by atomic mass is 16.5. The molecule has 0 aliphatic carbocycles. The minimum atomic E-state index is 0.406. The molecule has 1 atom stereocenters. The molecule has 0 aliphatic rings. The first-order valence-electron chi connectivity index (χ1n) is 6.00. The van der Waals surface area contributed by atoms with Gasteiger partial charge in [-0.15, -0.1) is 0 Å². The highest BCUT2D eigenvalue weighted by Gasteiger charge is 2.09. The molecule has 0 radical (unpaired) electrons. The highest BCUT2D eigenvalue weighted by molar-refractivity contribution is 5.13. The molecule has 0 fully saturated rings. The van der Waals surface area contributed by atoms with Crippen molar-refractivity contribution in [3.63, 3.8) is 0 Å². The molecule has 0 bridgehead atoms. The van der Waals surface area contributed by atoms with Crippen LogP contribution in [0.2, 0.25) is 0 Å². The predicted molar refractivity (Wildman–Crippen MR) is 66.4 cm³/mol. The molecular weight excluding hydrogens is 200 g/mol. The largest absolute Gasteiger partial charge is 0.385 e. The zero-order chi connectivity index (χ0) is 11.6. The lowest BCUT2D eigenvalue weighted by Crippen LogP contribution is -2.22. The molecule has 0 saturated carbocycles. The number of rotatable bonds is 8. The highest BCUT2D eigenvalue weighted by Crippen LogP contribution is 2.17. The first-order valence-corrected chi connectivity index (χ1v) is 6.00. The van der Waals surface area contributed by atoms with E-state index in [2.05, 4.69) is 23.3 Å². The van der Waals surface area contributed by atoms with Crippen LogP contribution in [-0.4, -0.2) is 25.2 Å². The van der Waals surface area contributed by atoms with Crippen LogP contribution in [0.3, 0.4) is 0 Å². The minimum Gasteiger partial charge on any atom is -0.385 e. The number of ether oxygens (including phenoxy) is 1. The first kappa shape index (κ1) is 13.1. The summed E-state index contributed by atoms with van der Waals surface area (Å²) in [6, 6.07) is 4.53. The average Bonchev–Trinajstić information content (AvgIpc) is 2.35. The van der Waals surface area contributed by atoms with Crippen LogP contribution in [0.15, 0.2) is 24.5 Å². The number of methoxy groups -OCH3 is 1. The van der Waals surface area contributed by atoms with Gasteiger partial charge in [-0.2, -0.15) is 0 Å². The molecule has 0 spiro atoms. The Morgan fingerprint density at radius 3 is 3.00 bits per heavy atom. The number of pyridine rings is 1. The number of aromatic nitrogens is 1. The molecule has 16 heavy (non-hydrogen) atoms. The molecule has 90 valence electrons. The summed E-state index contributed by atoms with van der Waals surface area (Å²) >= 11 is 0. The third-order valence-corrected chi connectivity index (χ3v) is 2.57. The van der Waals surface area contributed by atoms with Crippen molar-refractivity contribution in [1.29, 1.82) is 0 Å². The summed E-state index contributed by atoms with van der Waals surface area (Å²) in [5, 5.41) is 3.55. The lowest BCUT2D eigenvalue weighted by Gasteiger charge is -2.18. The van der Waals surface area contributed by atoms with Crippen LogP contribution in [0.1, 0.15) is 37.8 Å². The SMILES string of the molecule is CCCNC(CCCOC)c1cccnc1. The Balaban J connectivity index is 2.49.